The number of hydrogen-bond donors (Lipinski definition) is 2. The summed E-state index contributed by atoms with van der Waals surface area (Å²) < 4.78 is 11.5. The van der Waals surface area contributed by atoms with Gasteiger partial charge >= 0.3 is 5.76 Å². The first-order valence-electron chi connectivity index (χ1n) is 6.66. The number of oxazole rings is 1. The van der Waals surface area contributed by atoms with Gasteiger partial charge < -0.3 is 19.3 Å². The molecule has 0 aliphatic carbocycles. The van der Waals surface area contributed by atoms with Crippen LogP contribution in [0.25, 0.3) is 11.1 Å². The first-order valence-corrected chi connectivity index (χ1v) is 6.66. The SMILES string of the molecule is Cn1c(=O)oc2c(C(=O)NCC(O)c3ccco3)cccc21. The molecule has 1 aromatic carbocycles. The molecule has 114 valence electrons. The van der Waals surface area contributed by atoms with Crippen molar-refractivity contribution in [2.45, 2.75) is 6.10 Å². The number of aliphatic hydroxyl groups excluding tert-OH is 1. The smallest absolute Gasteiger partial charge is 0.419 e. The minimum atomic E-state index is -0.944. The molecule has 0 spiro atoms. The molecule has 7 nitrogen and oxygen atoms in total. The summed E-state index contributed by atoms with van der Waals surface area (Å²) in [5.74, 6) is -0.610. The first kappa shape index (κ1) is 14.2. The van der Waals surface area contributed by atoms with E-state index in [4.69, 9.17) is 8.83 Å². The predicted molar refractivity (Wildman–Crippen MR) is 77.5 cm³/mol. The molecular weight excluding hydrogens is 288 g/mol. The number of aryl methyl sites for hydroxylation is 1. The maximum absolute atomic E-state index is 12.2. The largest absolute Gasteiger partial charge is 0.467 e. The minimum Gasteiger partial charge on any atom is -0.467 e. The highest BCUT2D eigenvalue weighted by molar-refractivity contribution is 6.04. The van der Waals surface area contributed by atoms with Crippen molar-refractivity contribution in [3.8, 4) is 0 Å². The lowest BCUT2D eigenvalue weighted by Crippen LogP contribution is -2.28. The predicted octanol–water partition coefficient (Wildman–Crippen LogP) is 1.19. The average Bonchev–Trinajstić information content (AvgIpc) is 3.14. The number of aliphatic hydroxyl groups is 1. The summed E-state index contributed by atoms with van der Waals surface area (Å²) in [7, 11) is 1.57. The molecular formula is C15H14N2O5. The number of nitrogens with zero attached hydrogens (tertiary/aromatic N) is 1. The summed E-state index contributed by atoms with van der Waals surface area (Å²) in [6, 6.07) is 8.18. The molecule has 3 rings (SSSR count). The fraction of sp³-hybridized carbons (Fsp3) is 0.200. The third-order valence-corrected chi connectivity index (χ3v) is 3.39. The van der Waals surface area contributed by atoms with Crippen molar-refractivity contribution in [2.75, 3.05) is 6.54 Å². The van der Waals surface area contributed by atoms with Gasteiger partial charge in [0.2, 0.25) is 0 Å². The standard InChI is InChI=1S/C15H14N2O5/c1-17-10-5-2-4-9(13(10)22-15(17)20)14(19)16-8-11(18)12-6-3-7-21-12/h2-7,11,18H,8H2,1H3,(H,16,19). The Kier molecular flexibility index (Phi) is 3.56. The quantitative estimate of drug-likeness (QED) is 0.754. The van der Waals surface area contributed by atoms with Crippen molar-refractivity contribution in [1.82, 2.24) is 9.88 Å². The van der Waals surface area contributed by atoms with Gasteiger partial charge in [0.15, 0.2) is 5.58 Å². The maximum Gasteiger partial charge on any atom is 0.419 e. The van der Waals surface area contributed by atoms with Gasteiger partial charge in [-0.25, -0.2) is 4.79 Å². The Bertz CT molecular complexity index is 860. The highest BCUT2D eigenvalue weighted by atomic mass is 16.4. The molecule has 1 atom stereocenters. The Labute approximate surface area is 124 Å². The van der Waals surface area contributed by atoms with Crippen molar-refractivity contribution in [1.29, 1.82) is 0 Å². The van der Waals surface area contributed by atoms with Crippen LogP contribution in [0.5, 0.6) is 0 Å². The molecule has 0 radical (unpaired) electrons. The van der Waals surface area contributed by atoms with Gasteiger partial charge in [0, 0.05) is 7.05 Å². The van der Waals surface area contributed by atoms with Crippen LogP contribution in [-0.2, 0) is 7.05 Å². The van der Waals surface area contributed by atoms with E-state index in [2.05, 4.69) is 5.32 Å². The van der Waals surface area contributed by atoms with E-state index in [0.717, 1.165) is 0 Å². The molecule has 7 heteroatoms. The molecule has 0 fully saturated rings. The van der Waals surface area contributed by atoms with Crippen LogP contribution in [0.4, 0.5) is 0 Å². The van der Waals surface area contributed by atoms with Crippen LogP contribution in [0, 0.1) is 0 Å². The molecule has 0 aliphatic heterocycles. The number of carbonyl (C=O) groups excluding carboxylic acids is 1. The van der Waals surface area contributed by atoms with Gasteiger partial charge in [-0.2, -0.15) is 0 Å². The third-order valence-electron chi connectivity index (χ3n) is 3.39. The van der Waals surface area contributed by atoms with Crippen LogP contribution in [0.15, 0.2) is 50.2 Å². The topological polar surface area (TPSA) is 97.6 Å². The zero-order valence-electron chi connectivity index (χ0n) is 11.8. The highest BCUT2D eigenvalue weighted by Crippen LogP contribution is 2.17. The summed E-state index contributed by atoms with van der Waals surface area (Å²) in [6.45, 7) is -0.0141. The van der Waals surface area contributed by atoms with Crippen LogP contribution in [0.1, 0.15) is 22.2 Å². The molecule has 1 amide bonds. The lowest BCUT2D eigenvalue weighted by molar-refractivity contribution is 0.0901. The van der Waals surface area contributed by atoms with Gasteiger partial charge in [-0.3, -0.25) is 9.36 Å². The second kappa shape index (κ2) is 5.53. The number of rotatable bonds is 4. The Balaban J connectivity index is 1.81. The third kappa shape index (κ3) is 2.42. The molecule has 2 aromatic heterocycles. The van der Waals surface area contributed by atoms with Gasteiger partial charge in [-0.1, -0.05) is 6.07 Å². The number of nitrogens with one attached hydrogen (secondary N) is 1. The van der Waals surface area contributed by atoms with Crippen LogP contribution < -0.4 is 11.1 Å². The van der Waals surface area contributed by atoms with E-state index in [1.807, 2.05) is 0 Å². The van der Waals surface area contributed by atoms with Crippen molar-refractivity contribution in [3.63, 3.8) is 0 Å². The van der Waals surface area contributed by atoms with Crippen molar-refractivity contribution in [3.05, 3.63) is 58.5 Å². The van der Waals surface area contributed by atoms with E-state index in [1.54, 1.807) is 37.4 Å². The van der Waals surface area contributed by atoms with Crippen LogP contribution in [0.3, 0.4) is 0 Å². The fourth-order valence-corrected chi connectivity index (χ4v) is 2.20. The molecule has 2 N–H and O–H groups in total. The monoisotopic (exact) mass is 302 g/mol. The number of hydrogen-bond acceptors (Lipinski definition) is 5. The second-order valence-corrected chi connectivity index (χ2v) is 4.82. The lowest BCUT2D eigenvalue weighted by Gasteiger charge is -2.09. The fourth-order valence-electron chi connectivity index (χ4n) is 2.20. The molecule has 1 unspecified atom stereocenters. The van der Waals surface area contributed by atoms with Crippen molar-refractivity contribution in [2.24, 2.45) is 7.05 Å². The average molecular weight is 302 g/mol. The van der Waals surface area contributed by atoms with Crippen molar-refractivity contribution >= 4 is 17.0 Å². The van der Waals surface area contributed by atoms with E-state index < -0.39 is 17.8 Å². The van der Waals surface area contributed by atoms with Gasteiger partial charge in [0.05, 0.1) is 23.9 Å². The zero-order chi connectivity index (χ0) is 15.7. The Morgan fingerprint density at radius 1 is 1.36 bits per heavy atom. The highest BCUT2D eigenvalue weighted by Gasteiger charge is 2.17. The van der Waals surface area contributed by atoms with Crippen LogP contribution in [-0.4, -0.2) is 22.1 Å². The van der Waals surface area contributed by atoms with Crippen molar-refractivity contribution < 1.29 is 18.7 Å². The first-order chi connectivity index (χ1) is 10.6. The molecule has 0 bridgehead atoms. The number of furan rings is 1. The molecule has 0 saturated heterocycles. The summed E-state index contributed by atoms with van der Waals surface area (Å²) >= 11 is 0. The molecule has 3 aromatic rings. The minimum absolute atomic E-state index is 0.0141. The van der Waals surface area contributed by atoms with Crippen LogP contribution in [0.2, 0.25) is 0 Å². The summed E-state index contributed by atoms with van der Waals surface area (Å²) in [6.07, 6.45) is 0.501. The molecule has 0 saturated carbocycles. The summed E-state index contributed by atoms with van der Waals surface area (Å²) in [5, 5.41) is 12.5. The molecule has 0 aliphatic rings. The van der Waals surface area contributed by atoms with E-state index in [1.165, 1.54) is 10.8 Å². The van der Waals surface area contributed by atoms with E-state index in [9.17, 15) is 14.7 Å². The maximum atomic E-state index is 12.2. The van der Waals surface area contributed by atoms with Gasteiger partial charge in [0.25, 0.3) is 5.91 Å². The number of para-hydroxylation sites is 1. The zero-order valence-corrected chi connectivity index (χ0v) is 11.8. The summed E-state index contributed by atoms with van der Waals surface area (Å²) in [5.41, 5.74) is 0.992. The number of amides is 1. The van der Waals surface area contributed by atoms with Crippen LogP contribution >= 0.6 is 0 Å². The van der Waals surface area contributed by atoms with E-state index in [-0.39, 0.29) is 17.7 Å². The molecule has 2 heterocycles. The Hall–Kier alpha value is -2.80. The van der Waals surface area contributed by atoms with Gasteiger partial charge in [0.1, 0.15) is 11.9 Å². The number of fused-ring (bicyclic) bond motifs is 1. The molecule has 22 heavy (non-hydrogen) atoms. The number of benzene rings is 1. The number of aromatic nitrogens is 1. The normalized spacial score (nSPS) is 12.5. The second-order valence-electron chi connectivity index (χ2n) is 4.82. The lowest BCUT2D eigenvalue weighted by atomic mass is 10.1. The van der Waals surface area contributed by atoms with Gasteiger partial charge in [-0.15, -0.1) is 0 Å². The Morgan fingerprint density at radius 2 is 2.18 bits per heavy atom. The summed E-state index contributed by atoms with van der Waals surface area (Å²) in [4.78, 5) is 23.8. The Morgan fingerprint density at radius 3 is 2.91 bits per heavy atom. The van der Waals surface area contributed by atoms with E-state index in [0.29, 0.717) is 11.3 Å². The van der Waals surface area contributed by atoms with Gasteiger partial charge in [-0.05, 0) is 24.3 Å². The number of carbonyl (C=O) groups is 1. The van der Waals surface area contributed by atoms with E-state index >= 15 is 0 Å².